The Balaban J connectivity index is 2.28. The second-order valence-corrected chi connectivity index (χ2v) is 5.86. The molecular formula is C16H28N4O. The van der Waals surface area contributed by atoms with Gasteiger partial charge in [0.1, 0.15) is 18.0 Å². The molecule has 1 aromatic rings. The van der Waals surface area contributed by atoms with Crippen LogP contribution in [0.2, 0.25) is 0 Å². The van der Waals surface area contributed by atoms with Crippen LogP contribution in [0.5, 0.6) is 0 Å². The van der Waals surface area contributed by atoms with Crippen LogP contribution in [0.3, 0.4) is 0 Å². The second kappa shape index (κ2) is 7.59. The number of nitrogens with zero attached hydrogens (tertiary/aromatic N) is 3. The van der Waals surface area contributed by atoms with E-state index in [1.54, 1.807) is 6.33 Å². The van der Waals surface area contributed by atoms with Gasteiger partial charge in [-0.1, -0.05) is 20.3 Å². The van der Waals surface area contributed by atoms with Gasteiger partial charge in [-0.2, -0.15) is 0 Å². The summed E-state index contributed by atoms with van der Waals surface area (Å²) in [6, 6.07) is 0. The van der Waals surface area contributed by atoms with Crippen molar-refractivity contribution in [2.75, 3.05) is 29.9 Å². The molecule has 0 bridgehead atoms. The third-order valence-corrected chi connectivity index (χ3v) is 3.68. The van der Waals surface area contributed by atoms with E-state index >= 15 is 0 Å². The maximum atomic E-state index is 5.83. The lowest BCUT2D eigenvalue weighted by Gasteiger charge is -2.37. The summed E-state index contributed by atoms with van der Waals surface area (Å²) in [7, 11) is 0. The van der Waals surface area contributed by atoms with Crippen LogP contribution in [-0.2, 0) is 11.2 Å². The van der Waals surface area contributed by atoms with Crippen molar-refractivity contribution in [2.45, 2.75) is 59.2 Å². The molecule has 0 saturated carbocycles. The molecule has 5 heteroatoms. The number of rotatable bonds is 6. The van der Waals surface area contributed by atoms with E-state index in [2.05, 4.69) is 47.9 Å². The van der Waals surface area contributed by atoms with E-state index in [0.717, 1.165) is 50.5 Å². The van der Waals surface area contributed by atoms with Crippen LogP contribution in [0.1, 0.15) is 46.1 Å². The highest BCUT2D eigenvalue weighted by molar-refractivity contribution is 5.59. The van der Waals surface area contributed by atoms with Crippen molar-refractivity contribution in [1.29, 1.82) is 0 Å². The van der Waals surface area contributed by atoms with E-state index in [9.17, 15) is 0 Å². The molecule has 0 radical (unpaired) electrons. The third kappa shape index (κ3) is 4.06. The summed E-state index contributed by atoms with van der Waals surface area (Å²) < 4.78 is 5.83. The number of aromatic nitrogens is 2. The molecule has 2 unspecified atom stereocenters. The Labute approximate surface area is 128 Å². The van der Waals surface area contributed by atoms with Crippen molar-refractivity contribution in [3.05, 3.63) is 11.9 Å². The Morgan fingerprint density at radius 1 is 1.19 bits per heavy atom. The molecule has 21 heavy (non-hydrogen) atoms. The zero-order valence-electron chi connectivity index (χ0n) is 13.7. The van der Waals surface area contributed by atoms with E-state index < -0.39 is 0 Å². The molecule has 2 rings (SSSR count). The lowest BCUT2D eigenvalue weighted by molar-refractivity contribution is -0.00551. The molecule has 0 aliphatic carbocycles. The summed E-state index contributed by atoms with van der Waals surface area (Å²) in [6.45, 7) is 11.4. The topological polar surface area (TPSA) is 50.3 Å². The molecule has 1 aliphatic rings. The van der Waals surface area contributed by atoms with Crippen LogP contribution in [0.4, 0.5) is 11.6 Å². The molecule has 1 aliphatic heterocycles. The monoisotopic (exact) mass is 292 g/mol. The van der Waals surface area contributed by atoms with Gasteiger partial charge in [0, 0.05) is 25.2 Å². The van der Waals surface area contributed by atoms with Crippen LogP contribution >= 0.6 is 0 Å². The minimum absolute atomic E-state index is 0.241. The minimum Gasteiger partial charge on any atom is -0.372 e. The fourth-order valence-corrected chi connectivity index (χ4v) is 2.90. The molecule has 1 N–H and O–H groups in total. The predicted octanol–water partition coefficient (Wildman–Crippen LogP) is 2.86. The van der Waals surface area contributed by atoms with Crippen LogP contribution in [0.25, 0.3) is 0 Å². The first-order valence-corrected chi connectivity index (χ1v) is 8.13. The van der Waals surface area contributed by atoms with Gasteiger partial charge in [0.15, 0.2) is 0 Å². The number of hydrogen-bond donors (Lipinski definition) is 1. The van der Waals surface area contributed by atoms with Gasteiger partial charge in [-0.15, -0.1) is 0 Å². The number of nitrogens with one attached hydrogen (secondary N) is 1. The van der Waals surface area contributed by atoms with Crippen molar-refractivity contribution in [3.8, 4) is 0 Å². The summed E-state index contributed by atoms with van der Waals surface area (Å²) in [6.07, 6.45) is 5.35. The van der Waals surface area contributed by atoms with E-state index in [1.807, 2.05) is 0 Å². The van der Waals surface area contributed by atoms with E-state index in [4.69, 9.17) is 4.74 Å². The highest BCUT2D eigenvalue weighted by atomic mass is 16.5. The number of morpholine rings is 1. The van der Waals surface area contributed by atoms with Crippen molar-refractivity contribution in [3.63, 3.8) is 0 Å². The van der Waals surface area contributed by atoms with Gasteiger partial charge >= 0.3 is 0 Å². The van der Waals surface area contributed by atoms with Gasteiger partial charge in [0.25, 0.3) is 0 Å². The zero-order valence-corrected chi connectivity index (χ0v) is 13.7. The first-order valence-electron chi connectivity index (χ1n) is 8.13. The van der Waals surface area contributed by atoms with Crippen molar-refractivity contribution in [1.82, 2.24) is 9.97 Å². The first-order chi connectivity index (χ1) is 10.2. The predicted molar refractivity (Wildman–Crippen MR) is 87.0 cm³/mol. The SMILES string of the molecule is CCCNc1ncnc(N2CC(C)OC(C)C2)c1CCC. The molecular weight excluding hydrogens is 264 g/mol. The summed E-state index contributed by atoms with van der Waals surface area (Å²) in [5, 5.41) is 3.44. The summed E-state index contributed by atoms with van der Waals surface area (Å²) in [5.41, 5.74) is 1.25. The van der Waals surface area contributed by atoms with E-state index in [-0.39, 0.29) is 12.2 Å². The zero-order chi connectivity index (χ0) is 15.2. The third-order valence-electron chi connectivity index (χ3n) is 3.68. The van der Waals surface area contributed by atoms with Crippen molar-refractivity contribution < 1.29 is 4.74 Å². The van der Waals surface area contributed by atoms with Gasteiger partial charge < -0.3 is 15.0 Å². The van der Waals surface area contributed by atoms with Gasteiger partial charge in [-0.3, -0.25) is 0 Å². The molecule has 118 valence electrons. The Morgan fingerprint density at radius 3 is 2.52 bits per heavy atom. The highest BCUT2D eigenvalue weighted by Gasteiger charge is 2.25. The molecule has 5 nitrogen and oxygen atoms in total. The van der Waals surface area contributed by atoms with Crippen molar-refractivity contribution >= 4 is 11.6 Å². The smallest absolute Gasteiger partial charge is 0.137 e. The normalized spacial score (nSPS) is 22.4. The maximum Gasteiger partial charge on any atom is 0.137 e. The molecule has 2 atom stereocenters. The molecule has 2 heterocycles. The highest BCUT2D eigenvalue weighted by Crippen LogP contribution is 2.27. The molecule has 0 spiro atoms. The molecule has 1 fully saturated rings. The van der Waals surface area contributed by atoms with E-state index in [1.165, 1.54) is 5.56 Å². The van der Waals surface area contributed by atoms with Gasteiger partial charge in [-0.25, -0.2) is 9.97 Å². The molecule has 1 aromatic heterocycles. The van der Waals surface area contributed by atoms with Crippen LogP contribution < -0.4 is 10.2 Å². The largest absolute Gasteiger partial charge is 0.372 e. The summed E-state index contributed by atoms with van der Waals surface area (Å²) >= 11 is 0. The Morgan fingerprint density at radius 2 is 1.90 bits per heavy atom. The second-order valence-electron chi connectivity index (χ2n) is 5.86. The average molecular weight is 292 g/mol. The van der Waals surface area contributed by atoms with Crippen LogP contribution in [0.15, 0.2) is 6.33 Å². The van der Waals surface area contributed by atoms with Crippen molar-refractivity contribution in [2.24, 2.45) is 0 Å². The van der Waals surface area contributed by atoms with Crippen LogP contribution in [-0.4, -0.2) is 41.8 Å². The van der Waals surface area contributed by atoms with Gasteiger partial charge in [0.05, 0.1) is 12.2 Å². The van der Waals surface area contributed by atoms with Gasteiger partial charge in [-0.05, 0) is 26.7 Å². The standard InChI is InChI=1S/C16H28N4O/c1-5-7-14-15(17-8-6-2)18-11-19-16(14)20-9-12(3)21-13(4)10-20/h11-13H,5-10H2,1-4H3,(H,17,18,19). The number of ether oxygens (including phenoxy) is 1. The molecule has 0 aromatic carbocycles. The lowest BCUT2D eigenvalue weighted by Crippen LogP contribution is -2.46. The quantitative estimate of drug-likeness (QED) is 0.873. The maximum absolute atomic E-state index is 5.83. The Kier molecular flexibility index (Phi) is 5.79. The number of anilines is 2. The first kappa shape index (κ1) is 16.0. The fourth-order valence-electron chi connectivity index (χ4n) is 2.90. The Hall–Kier alpha value is -1.36. The van der Waals surface area contributed by atoms with E-state index in [0.29, 0.717) is 0 Å². The molecule has 1 saturated heterocycles. The summed E-state index contributed by atoms with van der Waals surface area (Å²) in [5.74, 6) is 2.07. The fraction of sp³-hybridized carbons (Fsp3) is 0.750. The van der Waals surface area contributed by atoms with Gasteiger partial charge in [0.2, 0.25) is 0 Å². The lowest BCUT2D eigenvalue weighted by atomic mass is 10.1. The Bertz CT molecular complexity index is 442. The number of hydrogen-bond acceptors (Lipinski definition) is 5. The molecule has 0 amide bonds. The average Bonchev–Trinajstić information content (AvgIpc) is 2.45. The summed E-state index contributed by atoms with van der Waals surface area (Å²) in [4.78, 5) is 11.4. The van der Waals surface area contributed by atoms with Crippen LogP contribution in [0, 0.1) is 0 Å². The minimum atomic E-state index is 0.241.